The number of ether oxygens (including phenoxy) is 1. The van der Waals surface area contributed by atoms with E-state index < -0.39 is 0 Å². The van der Waals surface area contributed by atoms with Gasteiger partial charge in [0.05, 0.1) is 6.61 Å². The van der Waals surface area contributed by atoms with Crippen LogP contribution in [0.3, 0.4) is 0 Å². The monoisotopic (exact) mass is 376 g/mol. The van der Waals surface area contributed by atoms with Gasteiger partial charge in [-0.15, -0.1) is 0 Å². The van der Waals surface area contributed by atoms with Crippen LogP contribution in [0.4, 0.5) is 0 Å². The Kier molecular flexibility index (Phi) is 15.0. The van der Waals surface area contributed by atoms with Crippen LogP contribution in [0, 0.1) is 6.92 Å². The summed E-state index contributed by atoms with van der Waals surface area (Å²) in [6.07, 6.45) is 22.2. The summed E-state index contributed by atoms with van der Waals surface area (Å²) in [4.78, 5) is 0. The van der Waals surface area contributed by atoms with Crippen molar-refractivity contribution < 1.29 is 9.84 Å². The second-order valence-electron chi connectivity index (χ2n) is 8.05. The highest BCUT2D eigenvalue weighted by Crippen LogP contribution is 2.26. The van der Waals surface area contributed by atoms with Crippen LogP contribution in [0.2, 0.25) is 0 Å². The maximum absolute atomic E-state index is 9.66. The van der Waals surface area contributed by atoms with Gasteiger partial charge in [0.2, 0.25) is 0 Å². The van der Waals surface area contributed by atoms with E-state index in [4.69, 9.17) is 4.74 Å². The highest BCUT2D eigenvalue weighted by molar-refractivity contribution is 5.42. The van der Waals surface area contributed by atoms with Gasteiger partial charge in [0.15, 0.2) is 0 Å². The molecule has 1 aromatic carbocycles. The normalized spacial score (nSPS) is 11.0. The lowest BCUT2D eigenvalue weighted by Crippen LogP contribution is -1.98. The van der Waals surface area contributed by atoms with Crippen molar-refractivity contribution in [2.24, 2.45) is 0 Å². The largest absolute Gasteiger partial charge is 0.508 e. The topological polar surface area (TPSA) is 29.5 Å². The van der Waals surface area contributed by atoms with Crippen molar-refractivity contribution in [3.05, 3.63) is 23.8 Å². The number of unbranched alkanes of at least 4 members (excludes halogenated alkanes) is 15. The molecule has 0 aliphatic rings. The molecule has 0 saturated carbocycles. The van der Waals surface area contributed by atoms with Gasteiger partial charge in [0.25, 0.3) is 0 Å². The minimum absolute atomic E-state index is 0.319. The molecule has 0 saturated heterocycles. The van der Waals surface area contributed by atoms with E-state index in [1.165, 1.54) is 96.3 Å². The molecule has 0 spiro atoms. The van der Waals surface area contributed by atoms with Gasteiger partial charge in [-0.05, 0) is 25.5 Å². The number of phenolic OH excluding ortho intramolecular Hbond substituents is 1. The van der Waals surface area contributed by atoms with Crippen molar-refractivity contribution in [3.63, 3.8) is 0 Å². The van der Waals surface area contributed by atoms with Crippen LogP contribution in [0.25, 0.3) is 0 Å². The number of hydrogen-bond acceptors (Lipinski definition) is 2. The Morgan fingerprint density at radius 2 is 1.11 bits per heavy atom. The van der Waals surface area contributed by atoms with Gasteiger partial charge in [-0.25, -0.2) is 0 Å². The Hall–Kier alpha value is -1.18. The molecule has 1 rings (SSSR count). The third-order valence-corrected chi connectivity index (χ3v) is 5.51. The molecule has 0 unspecified atom stereocenters. The molecule has 0 bridgehead atoms. The predicted octanol–water partition coefficient (Wildman–Crippen LogP) is 8.34. The Bertz CT molecular complexity index is 456. The van der Waals surface area contributed by atoms with Crippen molar-refractivity contribution in [2.75, 3.05) is 6.61 Å². The molecule has 0 atom stereocenters. The first-order valence-electron chi connectivity index (χ1n) is 11.7. The fourth-order valence-corrected chi connectivity index (χ4v) is 3.59. The zero-order valence-corrected chi connectivity index (χ0v) is 18.1. The number of aromatic hydroxyl groups is 1. The van der Waals surface area contributed by atoms with Crippen LogP contribution >= 0.6 is 0 Å². The molecule has 0 heterocycles. The van der Waals surface area contributed by atoms with Crippen molar-refractivity contribution in [1.29, 1.82) is 0 Å². The quantitative estimate of drug-likeness (QED) is 0.261. The Morgan fingerprint density at radius 3 is 1.59 bits per heavy atom. The summed E-state index contributed by atoms with van der Waals surface area (Å²) in [7, 11) is 0. The highest BCUT2D eigenvalue weighted by atomic mass is 16.5. The van der Waals surface area contributed by atoms with Crippen LogP contribution in [-0.4, -0.2) is 11.7 Å². The lowest BCUT2D eigenvalue weighted by molar-refractivity contribution is 0.300. The van der Waals surface area contributed by atoms with Crippen molar-refractivity contribution in [3.8, 4) is 11.5 Å². The van der Waals surface area contributed by atoms with E-state index in [0.717, 1.165) is 24.3 Å². The SMILES string of the molecule is CCCCCCCCCCCCCCCCCCOc1cccc(O)c1C. The van der Waals surface area contributed by atoms with E-state index in [-0.39, 0.29) is 0 Å². The van der Waals surface area contributed by atoms with Crippen molar-refractivity contribution >= 4 is 0 Å². The molecule has 0 fully saturated rings. The molecular weight excluding hydrogens is 332 g/mol. The summed E-state index contributed by atoms with van der Waals surface area (Å²) in [6, 6.07) is 5.48. The van der Waals surface area contributed by atoms with Crippen LogP contribution in [0.5, 0.6) is 11.5 Å². The van der Waals surface area contributed by atoms with Crippen LogP contribution in [-0.2, 0) is 0 Å². The first-order chi connectivity index (χ1) is 13.3. The molecule has 2 heteroatoms. The zero-order chi connectivity index (χ0) is 19.6. The van der Waals surface area contributed by atoms with Gasteiger partial charge >= 0.3 is 0 Å². The fraction of sp³-hybridized carbons (Fsp3) is 0.760. The van der Waals surface area contributed by atoms with Gasteiger partial charge in [-0.3, -0.25) is 0 Å². The molecule has 1 aromatic rings. The average Bonchev–Trinajstić information content (AvgIpc) is 2.67. The molecule has 0 amide bonds. The first-order valence-corrected chi connectivity index (χ1v) is 11.7. The molecule has 0 aliphatic heterocycles. The van der Waals surface area contributed by atoms with Gasteiger partial charge in [-0.1, -0.05) is 109 Å². The van der Waals surface area contributed by atoms with E-state index in [0.29, 0.717) is 5.75 Å². The predicted molar refractivity (Wildman–Crippen MR) is 118 cm³/mol. The fourth-order valence-electron chi connectivity index (χ4n) is 3.59. The van der Waals surface area contributed by atoms with Crippen LogP contribution in [0.1, 0.15) is 115 Å². The summed E-state index contributed by atoms with van der Waals surface area (Å²) in [6.45, 7) is 4.94. The maximum Gasteiger partial charge on any atom is 0.125 e. The first kappa shape index (κ1) is 23.9. The second-order valence-corrected chi connectivity index (χ2v) is 8.05. The summed E-state index contributed by atoms with van der Waals surface area (Å²) in [5.74, 6) is 1.13. The number of phenols is 1. The van der Waals surface area contributed by atoms with E-state index >= 15 is 0 Å². The van der Waals surface area contributed by atoms with E-state index in [2.05, 4.69) is 6.92 Å². The Balaban J connectivity index is 1.79. The second kappa shape index (κ2) is 17.0. The molecule has 1 N–H and O–H groups in total. The minimum atomic E-state index is 0.319. The highest BCUT2D eigenvalue weighted by Gasteiger charge is 2.03. The molecular formula is C25H44O2. The number of rotatable bonds is 18. The lowest BCUT2D eigenvalue weighted by atomic mass is 10.0. The summed E-state index contributed by atoms with van der Waals surface area (Å²) in [5.41, 5.74) is 0.842. The summed E-state index contributed by atoms with van der Waals surface area (Å²) in [5, 5.41) is 9.66. The van der Waals surface area contributed by atoms with Gasteiger partial charge in [0.1, 0.15) is 11.5 Å². The van der Waals surface area contributed by atoms with E-state index in [9.17, 15) is 5.11 Å². The Morgan fingerprint density at radius 1 is 0.667 bits per heavy atom. The van der Waals surface area contributed by atoms with Crippen molar-refractivity contribution in [2.45, 2.75) is 117 Å². The molecule has 27 heavy (non-hydrogen) atoms. The third kappa shape index (κ3) is 12.8. The molecule has 156 valence electrons. The van der Waals surface area contributed by atoms with Crippen LogP contribution < -0.4 is 4.74 Å². The lowest BCUT2D eigenvalue weighted by Gasteiger charge is -2.09. The third-order valence-electron chi connectivity index (χ3n) is 5.51. The molecule has 0 aliphatic carbocycles. The smallest absolute Gasteiger partial charge is 0.125 e. The minimum Gasteiger partial charge on any atom is -0.508 e. The Labute approximate surface area is 168 Å². The number of hydrogen-bond donors (Lipinski definition) is 1. The van der Waals surface area contributed by atoms with Crippen molar-refractivity contribution in [1.82, 2.24) is 0 Å². The van der Waals surface area contributed by atoms with E-state index in [1.807, 2.05) is 19.1 Å². The standard InChI is InChI=1S/C25H44O2/c1-3-4-5-6-7-8-9-10-11-12-13-14-15-16-17-18-22-27-25-21-19-20-24(26)23(25)2/h19-21,26H,3-18,22H2,1-2H3. The number of benzene rings is 1. The maximum atomic E-state index is 9.66. The average molecular weight is 377 g/mol. The van der Waals surface area contributed by atoms with Gasteiger partial charge < -0.3 is 9.84 Å². The molecule has 0 aromatic heterocycles. The zero-order valence-electron chi connectivity index (χ0n) is 18.1. The van der Waals surface area contributed by atoms with E-state index in [1.54, 1.807) is 6.07 Å². The van der Waals surface area contributed by atoms with Crippen LogP contribution in [0.15, 0.2) is 18.2 Å². The van der Waals surface area contributed by atoms with Gasteiger partial charge in [-0.2, -0.15) is 0 Å². The van der Waals surface area contributed by atoms with Gasteiger partial charge in [0, 0.05) is 5.56 Å². The summed E-state index contributed by atoms with van der Waals surface area (Å²) < 4.78 is 5.78. The molecule has 0 radical (unpaired) electrons. The summed E-state index contributed by atoms with van der Waals surface area (Å²) >= 11 is 0. The molecule has 2 nitrogen and oxygen atoms in total.